The third-order valence-corrected chi connectivity index (χ3v) is 3.38. The molecule has 0 aromatic heterocycles. The number of hydrogen-bond donors (Lipinski definition) is 3. The van der Waals surface area contributed by atoms with Crippen molar-refractivity contribution >= 4 is 12.0 Å². The number of carbonyl (C=O) groups excluding carboxylic acids is 1. The molecule has 0 radical (unpaired) electrons. The Kier molecular flexibility index (Phi) is 7.25. The normalized spacial score (nSPS) is 22.8. The summed E-state index contributed by atoms with van der Waals surface area (Å²) in [6, 6.07) is -0.346. The molecule has 6 nitrogen and oxygen atoms in total. The molecule has 1 aliphatic carbocycles. The summed E-state index contributed by atoms with van der Waals surface area (Å²) in [7, 11) is 0. The van der Waals surface area contributed by atoms with Crippen LogP contribution in [-0.2, 0) is 9.53 Å². The topological polar surface area (TPSA) is 87.7 Å². The minimum atomic E-state index is -0.921. The first-order valence-electron chi connectivity index (χ1n) is 6.94. The Hall–Kier alpha value is -1.30. The molecule has 0 aromatic rings. The second-order valence-electron chi connectivity index (χ2n) is 5.00. The number of carbonyl (C=O) groups is 2. The molecule has 0 saturated heterocycles. The number of ether oxygens (including phenoxy) is 1. The molecule has 3 N–H and O–H groups in total. The van der Waals surface area contributed by atoms with Crippen LogP contribution in [0.15, 0.2) is 0 Å². The van der Waals surface area contributed by atoms with E-state index in [9.17, 15) is 9.59 Å². The zero-order chi connectivity index (χ0) is 14.1. The SMILES string of the molecule is CC1CCCCC1OCCNC(=O)NCCC(=O)O. The highest BCUT2D eigenvalue weighted by molar-refractivity contribution is 5.74. The van der Waals surface area contributed by atoms with Crippen molar-refractivity contribution in [3.05, 3.63) is 0 Å². The summed E-state index contributed by atoms with van der Waals surface area (Å²) in [5, 5.41) is 13.5. The molecule has 0 aromatic carbocycles. The molecule has 2 atom stereocenters. The van der Waals surface area contributed by atoms with Gasteiger partial charge in [0.15, 0.2) is 0 Å². The Morgan fingerprint density at radius 3 is 2.58 bits per heavy atom. The molecule has 6 heteroatoms. The van der Waals surface area contributed by atoms with Crippen LogP contribution in [-0.4, -0.2) is 42.9 Å². The van der Waals surface area contributed by atoms with Crippen LogP contribution in [0.4, 0.5) is 4.79 Å². The molecule has 0 spiro atoms. The monoisotopic (exact) mass is 272 g/mol. The fourth-order valence-electron chi connectivity index (χ4n) is 2.25. The van der Waals surface area contributed by atoms with Crippen LogP contribution >= 0.6 is 0 Å². The number of carboxylic acids is 1. The van der Waals surface area contributed by atoms with Gasteiger partial charge >= 0.3 is 12.0 Å². The van der Waals surface area contributed by atoms with Gasteiger partial charge in [-0.15, -0.1) is 0 Å². The second kappa shape index (κ2) is 8.74. The van der Waals surface area contributed by atoms with Crippen LogP contribution in [0.25, 0.3) is 0 Å². The van der Waals surface area contributed by atoms with Gasteiger partial charge in [0.2, 0.25) is 0 Å². The van der Waals surface area contributed by atoms with Crippen LogP contribution in [0.5, 0.6) is 0 Å². The third-order valence-electron chi connectivity index (χ3n) is 3.38. The molecule has 110 valence electrons. The highest BCUT2D eigenvalue weighted by Crippen LogP contribution is 2.25. The maximum absolute atomic E-state index is 11.3. The van der Waals surface area contributed by atoms with Crippen molar-refractivity contribution in [2.75, 3.05) is 19.7 Å². The Balaban J connectivity index is 2.00. The van der Waals surface area contributed by atoms with Crippen molar-refractivity contribution in [2.45, 2.75) is 45.1 Å². The number of aliphatic carboxylic acids is 1. The lowest BCUT2D eigenvalue weighted by molar-refractivity contribution is -0.136. The van der Waals surface area contributed by atoms with Gasteiger partial charge in [0.05, 0.1) is 19.1 Å². The second-order valence-corrected chi connectivity index (χ2v) is 5.00. The average Bonchev–Trinajstić information content (AvgIpc) is 2.36. The Morgan fingerprint density at radius 1 is 1.21 bits per heavy atom. The lowest BCUT2D eigenvalue weighted by atomic mass is 9.88. The lowest BCUT2D eigenvalue weighted by Gasteiger charge is -2.28. The van der Waals surface area contributed by atoms with Gasteiger partial charge in [-0.3, -0.25) is 4.79 Å². The van der Waals surface area contributed by atoms with Crippen LogP contribution in [0.3, 0.4) is 0 Å². The minimum absolute atomic E-state index is 0.0660. The van der Waals surface area contributed by atoms with Crippen molar-refractivity contribution in [3.8, 4) is 0 Å². The first-order valence-corrected chi connectivity index (χ1v) is 6.94. The van der Waals surface area contributed by atoms with Gasteiger partial charge in [0.25, 0.3) is 0 Å². The van der Waals surface area contributed by atoms with Crippen molar-refractivity contribution in [2.24, 2.45) is 5.92 Å². The molecule has 1 saturated carbocycles. The van der Waals surface area contributed by atoms with E-state index in [1.807, 2.05) is 0 Å². The van der Waals surface area contributed by atoms with E-state index >= 15 is 0 Å². The van der Waals surface area contributed by atoms with E-state index in [1.165, 1.54) is 19.3 Å². The Bertz CT molecular complexity index is 296. The smallest absolute Gasteiger partial charge is 0.314 e. The number of rotatable bonds is 7. The number of urea groups is 1. The van der Waals surface area contributed by atoms with E-state index in [2.05, 4.69) is 17.6 Å². The van der Waals surface area contributed by atoms with Crippen molar-refractivity contribution in [1.82, 2.24) is 10.6 Å². The summed E-state index contributed by atoms with van der Waals surface area (Å²) in [6.07, 6.45) is 5.07. The van der Waals surface area contributed by atoms with Crippen LogP contribution < -0.4 is 10.6 Å². The van der Waals surface area contributed by atoms with Gasteiger partial charge < -0.3 is 20.5 Å². The zero-order valence-electron chi connectivity index (χ0n) is 11.5. The number of nitrogens with one attached hydrogen (secondary N) is 2. The molecule has 1 aliphatic rings. The first kappa shape index (κ1) is 15.8. The Labute approximate surface area is 113 Å². The summed E-state index contributed by atoms with van der Waals surface area (Å²) in [6.45, 7) is 3.29. The third kappa shape index (κ3) is 7.00. The Morgan fingerprint density at radius 2 is 1.89 bits per heavy atom. The standard InChI is InChI=1S/C13H24N2O4/c1-10-4-2-3-5-11(10)19-9-8-15-13(18)14-7-6-12(16)17/h10-11H,2-9H2,1H3,(H,16,17)(H2,14,15,18). The van der Waals surface area contributed by atoms with Crippen molar-refractivity contribution in [1.29, 1.82) is 0 Å². The first-order chi connectivity index (χ1) is 9.09. The molecule has 0 heterocycles. The van der Waals surface area contributed by atoms with E-state index in [0.717, 1.165) is 6.42 Å². The summed E-state index contributed by atoms with van der Waals surface area (Å²) >= 11 is 0. The molecule has 1 fully saturated rings. The van der Waals surface area contributed by atoms with Crippen molar-refractivity contribution < 1.29 is 19.4 Å². The van der Waals surface area contributed by atoms with Gasteiger partial charge in [0.1, 0.15) is 0 Å². The largest absolute Gasteiger partial charge is 0.481 e. The van der Waals surface area contributed by atoms with Crippen LogP contribution in [0.2, 0.25) is 0 Å². The molecular formula is C13H24N2O4. The van der Waals surface area contributed by atoms with Gasteiger partial charge in [-0.1, -0.05) is 19.8 Å². The van der Waals surface area contributed by atoms with E-state index in [1.54, 1.807) is 0 Å². The van der Waals surface area contributed by atoms with Gasteiger partial charge in [0, 0.05) is 13.1 Å². The quantitative estimate of drug-likeness (QED) is 0.611. The number of hydrogen-bond acceptors (Lipinski definition) is 3. The minimum Gasteiger partial charge on any atom is -0.481 e. The fraction of sp³-hybridized carbons (Fsp3) is 0.846. The highest BCUT2D eigenvalue weighted by atomic mass is 16.5. The van der Waals surface area contributed by atoms with Gasteiger partial charge in [-0.05, 0) is 18.8 Å². The lowest BCUT2D eigenvalue weighted by Crippen LogP contribution is -2.39. The zero-order valence-corrected chi connectivity index (χ0v) is 11.5. The molecule has 1 rings (SSSR count). The summed E-state index contributed by atoms with van der Waals surface area (Å²) in [4.78, 5) is 21.5. The molecular weight excluding hydrogens is 248 g/mol. The number of amides is 2. The predicted molar refractivity (Wildman–Crippen MR) is 71.0 cm³/mol. The molecule has 0 aliphatic heterocycles. The molecule has 0 bridgehead atoms. The summed E-state index contributed by atoms with van der Waals surface area (Å²) in [5.74, 6) is -0.326. The molecule has 2 amide bonds. The summed E-state index contributed by atoms with van der Waals surface area (Å²) in [5.41, 5.74) is 0. The molecule has 19 heavy (non-hydrogen) atoms. The maximum atomic E-state index is 11.3. The van der Waals surface area contributed by atoms with Gasteiger partial charge in [-0.2, -0.15) is 0 Å². The van der Waals surface area contributed by atoms with Crippen molar-refractivity contribution in [3.63, 3.8) is 0 Å². The summed E-state index contributed by atoms with van der Waals surface area (Å²) < 4.78 is 5.75. The van der Waals surface area contributed by atoms with E-state index in [-0.39, 0.29) is 19.0 Å². The fourth-order valence-corrected chi connectivity index (χ4v) is 2.25. The van der Waals surface area contributed by atoms with E-state index < -0.39 is 5.97 Å². The van der Waals surface area contributed by atoms with E-state index in [4.69, 9.17) is 9.84 Å². The predicted octanol–water partition coefficient (Wildman–Crippen LogP) is 1.36. The highest BCUT2D eigenvalue weighted by Gasteiger charge is 2.21. The van der Waals surface area contributed by atoms with Crippen LogP contribution in [0.1, 0.15) is 39.0 Å². The van der Waals surface area contributed by atoms with Crippen LogP contribution in [0, 0.1) is 5.92 Å². The molecule has 2 unspecified atom stereocenters. The average molecular weight is 272 g/mol. The van der Waals surface area contributed by atoms with E-state index in [0.29, 0.717) is 25.2 Å². The van der Waals surface area contributed by atoms with Gasteiger partial charge in [-0.25, -0.2) is 4.79 Å². The maximum Gasteiger partial charge on any atom is 0.314 e. The number of carboxylic acid groups (broad SMARTS) is 1.